The van der Waals surface area contributed by atoms with Gasteiger partial charge in [-0.1, -0.05) is 0 Å². The Kier molecular flexibility index (Phi) is 4.42. The molecule has 7 heteroatoms. The van der Waals surface area contributed by atoms with Gasteiger partial charge in [0.15, 0.2) is 0 Å². The van der Waals surface area contributed by atoms with Crippen molar-refractivity contribution in [2.75, 3.05) is 25.1 Å². The Morgan fingerprint density at radius 2 is 2.00 bits per heavy atom. The van der Waals surface area contributed by atoms with E-state index in [1.807, 2.05) is 18.7 Å². The van der Waals surface area contributed by atoms with Crippen LogP contribution in [-0.4, -0.2) is 43.3 Å². The molecule has 0 aliphatic carbocycles. The SMILES string of the molecule is COC(=O)c1ccc([N+](=O)[O-])c(N2CC(C)OC(C)C2)c1. The van der Waals surface area contributed by atoms with Gasteiger partial charge in [-0.2, -0.15) is 0 Å². The van der Waals surface area contributed by atoms with Crippen molar-refractivity contribution in [2.45, 2.75) is 26.1 Å². The summed E-state index contributed by atoms with van der Waals surface area (Å²) >= 11 is 0. The Balaban J connectivity index is 2.43. The van der Waals surface area contributed by atoms with Gasteiger partial charge in [0.25, 0.3) is 5.69 Å². The molecule has 0 spiro atoms. The molecule has 1 aromatic carbocycles. The summed E-state index contributed by atoms with van der Waals surface area (Å²) in [4.78, 5) is 24.3. The van der Waals surface area contributed by atoms with Gasteiger partial charge < -0.3 is 14.4 Å². The van der Waals surface area contributed by atoms with E-state index >= 15 is 0 Å². The Hall–Kier alpha value is -2.15. The first-order valence-electron chi connectivity index (χ1n) is 6.69. The van der Waals surface area contributed by atoms with Crippen molar-refractivity contribution >= 4 is 17.3 Å². The normalized spacial score (nSPS) is 22.0. The van der Waals surface area contributed by atoms with E-state index in [0.717, 1.165) is 0 Å². The third-order valence-electron chi connectivity index (χ3n) is 3.35. The molecule has 1 aliphatic heterocycles. The van der Waals surface area contributed by atoms with Gasteiger partial charge in [0.2, 0.25) is 0 Å². The van der Waals surface area contributed by atoms with Crippen LogP contribution in [0.5, 0.6) is 0 Å². The highest BCUT2D eigenvalue weighted by molar-refractivity contribution is 5.91. The van der Waals surface area contributed by atoms with Crippen LogP contribution in [0.25, 0.3) is 0 Å². The predicted molar refractivity (Wildman–Crippen MR) is 76.7 cm³/mol. The summed E-state index contributed by atoms with van der Waals surface area (Å²) in [6.45, 7) is 4.91. The monoisotopic (exact) mass is 294 g/mol. The van der Waals surface area contributed by atoms with Gasteiger partial charge in [0, 0.05) is 19.2 Å². The van der Waals surface area contributed by atoms with Gasteiger partial charge in [-0.05, 0) is 26.0 Å². The van der Waals surface area contributed by atoms with Crippen LogP contribution in [0.1, 0.15) is 24.2 Å². The number of nitro benzene ring substituents is 1. The fourth-order valence-electron chi connectivity index (χ4n) is 2.55. The van der Waals surface area contributed by atoms with Gasteiger partial charge in [-0.3, -0.25) is 10.1 Å². The number of esters is 1. The maximum absolute atomic E-state index is 11.6. The summed E-state index contributed by atoms with van der Waals surface area (Å²) in [7, 11) is 1.28. The number of carbonyl (C=O) groups excluding carboxylic acids is 1. The van der Waals surface area contributed by atoms with E-state index in [0.29, 0.717) is 24.3 Å². The first-order valence-corrected chi connectivity index (χ1v) is 6.69. The number of ether oxygens (including phenoxy) is 2. The zero-order valence-electron chi connectivity index (χ0n) is 12.2. The molecular formula is C14H18N2O5. The lowest BCUT2D eigenvalue weighted by atomic mass is 10.1. The molecule has 1 aliphatic rings. The molecule has 1 heterocycles. The average Bonchev–Trinajstić information content (AvgIpc) is 2.44. The lowest BCUT2D eigenvalue weighted by molar-refractivity contribution is -0.384. The molecule has 114 valence electrons. The van der Waals surface area contributed by atoms with Crippen molar-refractivity contribution < 1.29 is 19.2 Å². The lowest BCUT2D eigenvalue weighted by Crippen LogP contribution is -2.45. The molecule has 7 nitrogen and oxygen atoms in total. The van der Waals surface area contributed by atoms with Crippen LogP contribution in [-0.2, 0) is 9.47 Å². The van der Waals surface area contributed by atoms with E-state index in [1.165, 1.54) is 25.3 Å². The van der Waals surface area contributed by atoms with Crippen LogP contribution in [0.3, 0.4) is 0 Å². The third kappa shape index (κ3) is 3.30. The summed E-state index contributed by atoms with van der Waals surface area (Å²) in [5.74, 6) is -0.513. The van der Waals surface area contributed by atoms with E-state index in [2.05, 4.69) is 4.74 Å². The highest BCUT2D eigenvalue weighted by Crippen LogP contribution is 2.31. The van der Waals surface area contributed by atoms with Crippen LogP contribution in [0, 0.1) is 10.1 Å². The molecule has 2 atom stereocenters. The number of nitro groups is 1. The minimum atomic E-state index is -0.513. The zero-order valence-corrected chi connectivity index (χ0v) is 12.2. The van der Waals surface area contributed by atoms with Crippen LogP contribution >= 0.6 is 0 Å². The molecule has 0 aromatic heterocycles. The maximum atomic E-state index is 11.6. The summed E-state index contributed by atoms with van der Waals surface area (Å²) in [6, 6.07) is 4.25. The second kappa shape index (κ2) is 6.09. The largest absolute Gasteiger partial charge is 0.465 e. The predicted octanol–water partition coefficient (Wildman–Crippen LogP) is 2.00. The molecule has 1 aromatic rings. The fraction of sp³-hybridized carbons (Fsp3) is 0.500. The van der Waals surface area contributed by atoms with E-state index in [9.17, 15) is 14.9 Å². The van der Waals surface area contributed by atoms with Crippen molar-refractivity contribution in [2.24, 2.45) is 0 Å². The van der Waals surface area contributed by atoms with Crippen molar-refractivity contribution in [3.8, 4) is 0 Å². The molecule has 1 saturated heterocycles. The van der Waals surface area contributed by atoms with Crippen molar-refractivity contribution in [3.63, 3.8) is 0 Å². The Bertz CT molecular complexity index is 550. The molecular weight excluding hydrogens is 276 g/mol. The molecule has 2 rings (SSSR count). The summed E-state index contributed by atoms with van der Waals surface area (Å²) in [5, 5.41) is 11.2. The highest BCUT2D eigenvalue weighted by atomic mass is 16.6. The lowest BCUT2D eigenvalue weighted by Gasteiger charge is -2.36. The summed E-state index contributed by atoms with van der Waals surface area (Å²) in [5.41, 5.74) is 0.693. The number of rotatable bonds is 3. The first kappa shape index (κ1) is 15.2. The number of hydrogen-bond acceptors (Lipinski definition) is 6. The van der Waals surface area contributed by atoms with Gasteiger partial charge in [-0.15, -0.1) is 0 Å². The smallest absolute Gasteiger partial charge is 0.337 e. The number of anilines is 1. The van der Waals surface area contributed by atoms with Gasteiger partial charge in [-0.25, -0.2) is 4.79 Å². The van der Waals surface area contributed by atoms with Gasteiger partial charge >= 0.3 is 5.97 Å². The Morgan fingerprint density at radius 1 is 1.38 bits per heavy atom. The molecule has 21 heavy (non-hydrogen) atoms. The first-order chi connectivity index (χ1) is 9.92. The van der Waals surface area contributed by atoms with E-state index < -0.39 is 10.9 Å². The van der Waals surface area contributed by atoms with Crippen LogP contribution in [0.15, 0.2) is 18.2 Å². The minimum absolute atomic E-state index is 0.0241. The summed E-state index contributed by atoms with van der Waals surface area (Å²) < 4.78 is 10.3. The molecule has 2 unspecified atom stereocenters. The molecule has 0 bridgehead atoms. The molecule has 0 radical (unpaired) electrons. The number of morpholine rings is 1. The highest BCUT2D eigenvalue weighted by Gasteiger charge is 2.28. The van der Waals surface area contributed by atoms with Crippen molar-refractivity contribution in [3.05, 3.63) is 33.9 Å². The minimum Gasteiger partial charge on any atom is -0.465 e. The number of hydrogen-bond donors (Lipinski definition) is 0. The van der Waals surface area contributed by atoms with Crippen LogP contribution < -0.4 is 4.90 Å². The number of carbonyl (C=O) groups is 1. The van der Waals surface area contributed by atoms with Crippen molar-refractivity contribution in [1.29, 1.82) is 0 Å². The Labute approximate surface area is 122 Å². The van der Waals surface area contributed by atoms with Crippen LogP contribution in [0.2, 0.25) is 0 Å². The topological polar surface area (TPSA) is 81.9 Å². The van der Waals surface area contributed by atoms with Gasteiger partial charge in [0.05, 0.1) is 29.8 Å². The van der Waals surface area contributed by atoms with E-state index in [4.69, 9.17) is 4.74 Å². The average molecular weight is 294 g/mol. The Morgan fingerprint density at radius 3 is 2.52 bits per heavy atom. The maximum Gasteiger partial charge on any atom is 0.337 e. The second-order valence-electron chi connectivity index (χ2n) is 5.11. The molecule has 0 saturated carbocycles. The second-order valence-corrected chi connectivity index (χ2v) is 5.11. The number of benzene rings is 1. The number of nitrogens with zero attached hydrogens (tertiary/aromatic N) is 2. The zero-order chi connectivity index (χ0) is 15.6. The van der Waals surface area contributed by atoms with Gasteiger partial charge in [0.1, 0.15) is 5.69 Å². The van der Waals surface area contributed by atoms with Crippen LogP contribution in [0.4, 0.5) is 11.4 Å². The summed E-state index contributed by atoms with van der Waals surface area (Å²) in [6.07, 6.45) is -0.0646. The quantitative estimate of drug-likeness (QED) is 0.482. The van der Waals surface area contributed by atoms with Crippen molar-refractivity contribution in [1.82, 2.24) is 0 Å². The number of methoxy groups -OCH3 is 1. The molecule has 0 N–H and O–H groups in total. The van der Waals surface area contributed by atoms with E-state index in [1.54, 1.807) is 0 Å². The third-order valence-corrected chi connectivity index (χ3v) is 3.35. The standard InChI is InChI=1S/C14H18N2O5/c1-9-7-15(8-10(2)21-9)13-6-11(14(17)20-3)4-5-12(13)16(18)19/h4-6,9-10H,7-8H2,1-3H3. The fourth-order valence-corrected chi connectivity index (χ4v) is 2.55. The van der Waals surface area contributed by atoms with E-state index in [-0.39, 0.29) is 17.9 Å². The molecule has 0 amide bonds. The molecule has 1 fully saturated rings.